The maximum atomic E-state index is 13.0. The molecule has 130 valence electrons. The van der Waals surface area contributed by atoms with Crippen molar-refractivity contribution in [2.75, 3.05) is 0 Å². The average molecular weight is 328 g/mol. The van der Waals surface area contributed by atoms with Crippen molar-refractivity contribution in [2.45, 2.75) is 70.8 Å². The van der Waals surface area contributed by atoms with Crippen LogP contribution in [-0.2, 0) is 4.79 Å². The molecule has 24 heavy (non-hydrogen) atoms. The van der Waals surface area contributed by atoms with E-state index in [1.165, 1.54) is 19.3 Å². The minimum Gasteiger partial charge on any atom is -0.489 e. The highest BCUT2D eigenvalue weighted by Gasteiger charge is 2.41. The summed E-state index contributed by atoms with van der Waals surface area (Å²) in [5, 5.41) is 0. The number of hydrogen-bond donors (Lipinski definition) is 0. The molecular weight excluding hydrogens is 300 g/mol. The summed E-state index contributed by atoms with van der Waals surface area (Å²) in [5.74, 6) is 1.46. The molecule has 0 spiro atoms. The van der Waals surface area contributed by atoms with Gasteiger partial charge in [-0.1, -0.05) is 38.3 Å². The number of ether oxygens (including phenoxy) is 1. The van der Waals surface area contributed by atoms with Crippen LogP contribution in [0.5, 0.6) is 5.75 Å². The first-order chi connectivity index (χ1) is 11.7. The molecule has 2 atom stereocenters. The van der Waals surface area contributed by atoms with Crippen molar-refractivity contribution in [3.8, 4) is 5.75 Å². The van der Waals surface area contributed by atoms with Crippen LogP contribution in [0.3, 0.4) is 0 Å². The highest BCUT2D eigenvalue weighted by Crippen LogP contribution is 2.40. The van der Waals surface area contributed by atoms with E-state index in [0.717, 1.165) is 25.0 Å². The van der Waals surface area contributed by atoms with E-state index in [9.17, 15) is 9.59 Å². The van der Waals surface area contributed by atoms with E-state index >= 15 is 0 Å². The zero-order valence-electron chi connectivity index (χ0n) is 14.6. The molecule has 0 N–H and O–H groups in total. The van der Waals surface area contributed by atoms with Crippen molar-refractivity contribution in [3.05, 3.63) is 29.8 Å². The number of carbonyl (C=O) groups is 2. The first kappa shape index (κ1) is 17.2. The molecule has 3 nitrogen and oxygen atoms in total. The molecule has 3 heteroatoms. The van der Waals surface area contributed by atoms with Gasteiger partial charge in [0.05, 0.1) is 11.5 Å². The van der Waals surface area contributed by atoms with Crippen LogP contribution in [0.1, 0.15) is 75.1 Å². The third-order valence-corrected chi connectivity index (χ3v) is 5.53. The third kappa shape index (κ3) is 3.71. The topological polar surface area (TPSA) is 43.4 Å². The van der Waals surface area contributed by atoms with E-state index in [1.54, 1.807) is 0 Å². The normalized spacial score (nSPS) is 24.3. The van der Waals surface area contributed by atoms with Gasteiger partial charge in [0.1, 0.15) is 17.6 Å². The summed E-state index contributed by atoms with van der Waals surface area (Å²) in [6, 6.07) is 7.58. The van der Waals surface area contributed by atoms with Crippen LogP contribution < -0.4 is 4.74 Å². The summed E-state index contributed by atoms with van der Waals surface area (Å²) in [7, 11) is 0. The molecule has 1 aromatic carbocycles. The van der Waals surface area contributed by atoms with E-state index in [0.29, 0.717) is 30.7 Å². The van der Waals surface area contributed by atoms with Crippen LogP contribution >= 0.6 is 0 Å². The van der Waals surface area contributed by atoms with E-state index < -0.39 is 0 Å². The Kier molecular flexibility index (Phi) is 5.70. The first-order valence-electron chi connectivity index (χ1n) is 9.52. The van der Waals surface area contributed by atoms with E-state index in [4.69, 9.17) is 4.74 Å². The Balaban J connectivity index is 1.80. The van der Waals surface area contributed by atoms with E-state index in [-0.39, 0.29) is 23.6 Å². The van der Waals surface area contributed by atoms with Gasteiger partial charge in [-0.25, -0.2) is 0 Å². The molecule has 0 bridgehead atoms. The van der Waals surface area contributed by atoms with Crippen LogP contribution in [0.2, 0.25) is 0 Å². The quantitative estimate of drug-likeness (QED) is 0.740. The average Bonchev–Trinajstić information content (AvgIpc) is 2.62. The molecule has 0 radical (unpaired) electrons. The molecule has 1 aliphatic heterocycles. The van der Waals surface area contributed by atoms with Crippen molar-refractivity contribution in [1.82, 2.24) is 0 Å². The lowest BCUT2D eigenvalue weighted by Crippen LogP contribution is -2.43. The fraction of sp³-hybridized carbons (Fsp3) is 0.619. The standard InChI is InChI=1S/C21H28O3/c1-2-8-16(22)13-14-18-20(23)17-11-6-7-12-19(17)24-21(18)15-9-4-3-5-10-15/h6-7,11-12,15,18,21H,2-5,8-10,13-14H2,1H3. The molecule has 1 fully saturated rings. The number of fused-ring (bicyclic) bond motifs is 1. The van der Waals surface area contributed by atoms with Gasteiger partial charge in [-0.2, -0.15) is 0 Å². The van der Waals surface area contributed by atoms with Gasteiger partial charge >= 0.3 is 0 Å². The summed E-state index contributed by atoms with van der Waals surface area (Å²) in [5.41, 5.74) is 0.692. The Morgan fingerprint density at radius 2 is 1.88 bits per heavy atom. The van der Waals surface area contributed by atoms with Gasteiger partial charge in [-0.15, -0.1) is 0 Å². The molecule has 1 aliphatic carbocycles. The molecule has 2 aliphatic rings. The second kappa shape index (κ2) is 7.96. The van der Waals surface area contributed by atoms with Gasteiger partial charge in [0, 0.05) is 12.8 Å². The number of benzene rings is 1. The highest BCUT2D eigenvalue weighted by molar-refractivity contribution is 6.01. The third-order valence-electron chi connectivity index (χ3n) is 5.53. The van der Waals surface area contributed by atoms with E-state index in [1.807, 2.05) is 31.2 Å². The van der Waals surface area contributed by atoms with Gasteiger partial charge in [-0.3, -0.25) is 9.59 Å². The van der Waals surface area contributed by atoms with Gasteiger partial charge in [0.2, 0.25) is 0 Å². The molecule has 2 unspecified atom stereocenters. The largest absolute Gasteiger partial charge is 0.489 e. The molecule has 0 aromatic heterocycles. The number of hydrogen-bond acceptors (Lipinski definition) is 3. The number of Topliss-reactive ketones (excluding diaryl/α,β-unsaturated/α-hetero) is 2. The molecule has 0 amide bonds. The minimum absolute atomic E-state index is 0.0536. The van der Waals surface area contributed by atoms with Crippen LogP contribution in [0.15, 0.2) is 24.3 Å². The van der Waals surface area contributed by atoms with Crippen LogP contribution in [0, 0.1) is 11.8 Å². The van der Waals surface area contributed by atoms with Crippen molar-refractivity contribution in [1.29, 1.82) is 0 Å². The lowest BCUT2D eigenvalue weighted by Gasteiger charge is -2.39. The fourth-order valence-corrected chi connectivity index (χ4v) is 4.25. The van der Waals surface area contributed by atoms with Crippen molar-refractivity contribution < 1.29 is 14.3 Å². The Morgan fingerprint density at radius 1 is 1.12 bits per heavy atom. The molecular formula is C21H28O3. The summed E-state index contributed by atoms with van der Waals surface area (Å²) >= 11 is 0. The van der Waals surface area contributed by atoms with Gasteiger partial charge < -0.3 is 4.74 Å². The lowest BCUT2D eigenvalue weighted by molar-refractivity contribution is -0.119. The molecule has 1 aromatic rings. The fourth-order valence-electron chi connectivity index (χ4n) is 4.25. The summed E-state index contributed by atoms with van der Waals surface area (Å²) in [6.07, 6.45) is 8.58. The number of rotatable bonds is 6. The van der Waals surface area contributed by atoms with Gasteiger partial charge in [0.25, 0.3) is 0 Å². The Bertz CT molecular complexity index is 587. The van der Waals surface area contributed by atoms with E-state index in [2.05, 4.69) is 0 Å². The smallest absolute Gasteiger partial charge is 0.173 e. The zero-order valence-corrected chi connectivity index (χ0v) is 14.6. The van der Waals surface area contributed by atoms with Crippen LogP contribution in [-0.4, -0.2) is 17.7 Å². The zero-order chi connectivity index (χ0) is 16.9. The van der Waals surface area contributed by atoms with Crippen LogP contribution in [0.25, 0.3) is 0 Å². The van der Waals surface area contributed by atoms with Crippen molar-refractivity contribution in [3.63, 3.8) is 0 Å². The molecule has 1 heterocycles. The minimum atomic E-state index is -0.163. The second-order valence-corrected chi connectivity index (χ2v) is 7.27. The Morgan fingerprint density at radius 3 is 2.62 bits per heavy atom. The van der Waals surface area contributed by atoms with Crippen LogP contribution in [0.4, 0.5) is 0 Å². The molecule has 3 rings (SSSR count). The summed E-state index contributed by atoms with van der Waals surface area (Å²) in [4.78, 5) is 25.0. The number of para-hydroxylation sites is 1. The van der Waals surface area contributed by atoms with Crippen molar-refractivity contribution >= 4 is 11.6 Å². The molecule has 0 saturated heterocycles. The Labute approximate surface area is 144 Å². The highest BCUT2D eigenvalue weighted by atomic mass is 16.5. The predicted octanol–water partition coefficient (Wildman–Crippen LogP) is 4.98. The monoisotopic (exact) mass is 328 g/mol. The first-order valence-corrected chi connectivity index (χ1v) is 9.52. The van der Waals surface area contributed by atoms with Gasteiger partial charge in [0.15, 0.2) is 5.78 Å². The molecule has 1 saturated carbocycles. The number of carbonyl (C=O) groups excluding carboxylic acids is 2. The second-order valence-electron chi connectivity index (χ2n) is 7.27. The number of ketones is 2. The lowest BCUT2D eigenvalue weighted by atomic mass is 9.75. The predicted molar refractivity (Wildman–Crippen MR) is 94.4 cm³/mol. The summed E-state index contributed by atoms with van der Waals surface area (Å²) < 4.78 is 6.31. The van der Waals surface area contributed by atoms with Gasteiger partial charge in [-0.05, 0) is 43.7 Å². The van der Waals surface area contributed by atoms with Crippen molar-refractivity contribution in [2.24, 2.45) is 11.8 Å². The maximum Gasteiger partial charge on any atom is 0.173 e. The SMILES string of the molecule is CCCC(=O)CCC1C(=O)c2ccccc2OC1C1CCCCC1. The maximum absolute atomic E-state index is 13.0. The Hall–Kier alpha value is -1.64. The summed E-state index contributed by atoms with van der Waals surface area (Å²) in [6.45, 7) is 2.02.